The SMILES string of the molecule is COC(=O)c1sc2nccc(OC)c2c1CC=O. The summed E-state index contributed by atoms with van der Waals surface area (Å²) in [5.74, 6) is 0.139. The van der Waals surface area contributed by atoms with Crippen LogP contribution >= 0.6 is 11.3 Å². The van der Waals surface area contributed by atoms with Crippen molar-refractivity contribution in [3.63, 3.8) is 0 Å². The molecule has 0 bridgehead atoms. The number of hydrogen-bond acceptors (Lipinski definition) is 6. The Hall–Kier alpha value is -1.95. The third kappa shape index (κ3) is 1.95. The molecule has 5 nitrogen and oxygen atoms in total. The molecule has 0 atom stereocenters. The predicted molar refractivity (Wildman–Crippen MR) is 67.3 cm³/mol. The van der Waals surface area contributed by atoms with Gasteiger partial charge in [0.05, 0.1) is 19.6 Å². The van der Waals surface area contributed by atoms with Crippen molar-refractivity contribution in [1.82, 2.24) is 4.98 Å². The van der Waals surface area contributed by atoms with E-state index in [4.69, 9.17) is 9.47 Å². The van der Waals surface area contributed by atoms with E-state index in [1.807, 2.05) is 0 Å². The molecule has 6 heteroatoms. The molecular weight excluding hydrogens is 254 g/mol. The Morgan fingerprint density at radius 3 is 2.89 bits per heavy atom. The van der Waals surface area contributed by atoms with Gasteiger partial charge in [-0.15, -0.1) is 11.3 Å². The molecule has 2 aromatic heterocycles. The Balaban J connectivity index is 2.76. The molecule has 0 aliphatic heterocycles. The largest absolute Gasteiger partial charge is 0.496 e. The summed E-state index contributed by atoms with van der Waals surface area (Å²) >= 11 is 1.20. The minimum Gasteiger partial charge on any atom is -0.496 e. The van der Waals surface area contributed by atoms with Crippen LogP contribution in [0.3, 0.4) is 0 Å². The number of carbonyl (C=O) groups excluding carboxylic acids is 2. The van der Waals surface area contributed by atoms with Crippen LogP contribution in [0, 0.1) is 0 Å². The summed E-state index contributed by atoms with van der Waals surface area (Å²) in [7, 11) is 2.84. The van der Waals surface area contributed by atoms with Gasteiger partial charge in [0.2, 0.25) is 0 Å². The number of rotatable bonds is 4. The van der Waals surface area contributed by atoms with Crippen LogP contribution in [0.4, 0.5) is 0 Å². The molecule has 0 saturated carbocycles. The zero-order chi connectivity index (χ0) is 13.1. The van der Waals surface area contributed by atoms with Gasteiger partial charge in [0, 0.05) is 12.6 Å². The first-order valence-electron chi connectivity index (χ1n) is 5.19. The molecule has 0 saturated heterocycles. The van der Waals surface area contributed by atoms with Crippen molar-refractivity contribution in [3.05, 3.63) is 22.7 Å². The standard InChI is InChI=1S/C12H11NO4S/c1-16-8-3-5-13-11-9(8)7(4-6-14)10(18-11)12(15)17-2/h3,5-6H,4H2,1-2H3. The Bertz CT molecular complexity index is 605. The predicted octanol–water partition coefficient (Wildman–Crippen LogP) is 1.83. The second-order valence-corrected chi connectivity index (χ2v) is 4.46. The van der Waals surface area contributed by atoms with E-state index in [0.29, 0.717) is 26.4 Å². The Morgan fingerprint density at radius 1 is 1.50 bits per heavy atom. The zero-order valence-corrected chi connectivity index (χ0v) is 10.7. The molecule has 0 amide bonds. The lowest BCUT2D eigenvalue weighted by atomic mass is 10.1. The lowest BCUT2D eigenvalue weighted by molar-refractivity contribution is -0.107. The average Bonchev–Trinajstić information content (AvgIpc) is 2.77. The number of thiophene rings is 1. The summed E-state index contributed by atoms with van der Waals surface area (Å²) < 4.78 is 9.95. The maximum absolute atomic E-state index is 11.7. The van der Waals surface area contributed by atoms with E-state index in [1.54, 1.807) is 12.3 Å². The van der Waals surface area contributed by atoms with Gasteiger partial charge in [-0.05, 0) is 11.6 Å². The summed E-state index contributed by atoms with van der Waals surface area (Å²) in [5.41, 5.74) is 0.613. The number of ether oxygens (including phenoxy) is 2. The highest BCUT2D eigenvalue weighted by Crippen LogP contribution is 2.36. The molecule has 2 aromatic rings. The number of fused-ring (bicyclic) bond motifs is 1. The number of nitrogens with zero attached hydrogens (tertiary/aromatic N) is 1. The fraction of sp³-hybridized carbons (Fsp3) is 0.250. The lowest BCUT2D eigenvalue weighted by Crippen LogP contribution is -2.02. The van der Waals surface area contributed by atoms with Crippen molar-refractivity contribution < 1.29 is 19.1 Å². The van der Waals surface area contributed by atoms with E-state index in [-0.39, 0.29) is 6.42 Å². The van der Waals surface area contributed by atoms with Crippen LogP contribution in [0.5, 0.6) is 5.75 Å². The van der Waals surface area contributed by atoms with Crippen LogP contribution in [0.2, 0.25) is 0 Å². The van der Waals surface area contributed by atoms with Crippen LogP contribution < -0.4 is 4.74 Å². The molecule has 2 heterocycles. The molecule has 0 N–H and O–H groups in total. The topological polar surface area (TPSA) is 65.5 Å². The Labute approximate surface area is 107 Å². The van der Waals surface area contributed by atoms with E-state index in [2.05, 4.69) is 4.98 Å². The average molecular weight is 265 g/mol. The quantitative estimate of drug-likeness (QED) is 0.623. The van der Waals surface area contributed by atoms with Crippen molar-refractivity contribution >= 4 is 33.8 Å². The molecule has 18 heavy (non-hydrogen) atoms. The maximum atomic E-state index is 11.7. The van der Waals surface area contributed by atoms with E-state index >= 15 is 0 Å². The number of hydrogen-bond donors (Lipinski definition) is 0. The van der Waals surface area contributed by atoms with Crippen LogP contribution in [0.1, 0.15) is 15.2 Å². The third-order valence-corrected chi connectivity index (χ3v) is 3.65. The number of pyridine rings is 1. The summed E-state index contributed by atoms with van der Waals surface area (Å²) in [6.07, 6.45) is 2.48. The van der Waals surface area contributed by atoms with E-state index in [1.165, 1.54) is 25.6 Å². The van der Waals surface area contributed by atoms with Gasteiger partial charge in [0.15, 0.2) is 0 Å². The number of esters is 1. The highest BCUT2D eigenvalue weighted by molar-refractivity contribution is 7.20. The fourth-order valence-electron chi connectivity index (χ4n) is 1.76. The van der Waals surface area contributed by atoms with Crippen LogP contribution in [0.25, 0.3) is 10.2 Å². The molecule has 0 unspecified atom stereocenters. The summed E-state index contributed by atoms with van der Waals surface area (Å²) in [4.78, 5) is 27.7. The number of carbonyl (C=O) groups is 2. The molecule has 0 radical (unpaired) electrons. The monoisotopic (exact) mass is 265 g/mol. The molecule has 0 fully saturated rings. The number of aromatic nitrogens is 1. The first-order valence-corrected chi connectivity index (χ1v) is 6.00. The Morgan fingerprint density at radius 2 is 2.28 bits per heavy atom. The number of aldehydes is 1. The van der Waals surface area contributed by atoms with Crippen molar-refractivity contribution in [2.24, 2.45) is 0 Å². The van der Waals surface area contributed by atoms with Crippen molar-refractivity contribution in [2.45, 2.75) is 6.42 Å². The highest BCUT2D eigenvalue weighted by Gasteiger charge is 2.21. The van der Waals surface area contributed by atoms with Gasteiger partial charge in [-0.25, -0.2) is 9.78 Å². The smallest absolute Gasteiger partial charge is 0.348 e. The molecule has 0 aliphatic rings. The van der Waals surface area contributed by atoms with Gasteiger partial charge < -0.3 is 14.3 Å². The minimum atomic E-state index is -0.461. The van der Waals surface area contributed by atoms with Crippen molar-refractivity contribution in [1.29, 1.82) is 0 Å². The first kappa shape index (κ1) is 12.5. The maximum Gasteiger partial charge on any atom is 0.348 e. The fourth-order valence-corrected chi connectivity index (χ4v) is 2.87. The van der Waals surface area contributed by atoms with Gasteiger partial charge in [-0.1, -0.05) is 0 Å². The molecule has 0 aliphatic carbocycles. The second-order valence-electron chi connectivity index (χ2n) is 3.47. The molecule has 0 aromatic carbocycles. The van der Waals surface area contributed by atoms with Gasteiger partial charge in [-0.3, -0.25) is 0 Å². The highest BCUT2D eigenvalue weighted by atomic mass is 32.1. The first-order chi connectivity index (χ1) is 8.72. The van der Waals surface area contributed by atoms with Crippen molar-refractivity contribution in [3.8, 4) is 5.75 Å². The molecular formula is C12H11NO4S. The molecule has 94 valence electrons. The second kappa shape index (κ2) is 5.14. The van der Waals surface area contributed by atoms with Gasteiger partial charge >= 0.3 is 5.97 Å². The van der Waals surface area contributed by atoms with Crippen LogP contribution in [-0.2, 0) is 16.0 Å². The van der Waals surface area contributed by atoms with Gasteiger partial charge in [-0.2, -0.15) is 0 Å². The van der Waals surface area contributed by atoms with E-state index < -0.39 is 5.97 Å². The van der Waals surface area contributed by atoms with E-state index in [0.717, 1.165) is 6.29 Å². The number of methoxy groups -OCH3 is 2. The zero-order valence-electron chi connectivity index (χ0n) is 9.93. The normalized spacial score (nSPS) is 10.3. The van der Waals surface area contributed by atoms with Gasteiger partial charge in [0.25, 0.3) is 0 Å². The summed E-state index contributed by atoms with van der Waals surface area (Å²) in [6, 6.07) is 1.70. The van der Waals surface area contributed by atoms with E-state index in [9.17, 15) is 9.59 Å². The summed E-state index contributed by atoms with van der Waals surface area (Å²) in [5, 5.41) is 0.706. The Kier molecular flexibility index (Phi) is 3.57. The van der Waals surface area contributed by atoms with Crippen LogP contribution in [0.15, 0.2) is 12.3 Å². The lowest BCUT2D eigenvalue weighted by Gasteiger charge is -2.03. The minimum absolute atomic E-state index is 0.131. The molecule has 0 spiro atoms. The van der Waals surface area contributed by atoms with Gasteiger partial charge in [0.1, 0.15) is 21.7 Å². The molecule has 2 rings (SSSR count). The third-order valence-electron chi connectivity index (χ3n) is 2.53. The van der Waals surface area contributed by atoms with Crippen LogP contribution in [-0.4, -0.2) is 31.5 Å². The summed E-state index contributed by atoms with van der Waals surface area (Å²) in [6.45, 7) is 0. The van der Waals surface area contributed by atoms with Crippen molar-refractivity contribution in [2.75, 3.05) is 14.2 Å².